The van der Waals surface area contributed by atoms with Crippen LogP contribution in [0, 0.1) is 10.8 Å². The Bertz CT molecular complexity index is 2600. The van der Waals surface area contributed by atoms with Crippen LogP contribution in [0.3, 0.4) is 0 Å². The molecule has 2 aliphatic rings. The molecule has 0 spiro atoms. The lowest BCUT2D eigenvalue weighted by Gasteiger charge is -2.36. The van der Waals surface area contributed by atoms with Crippen molar-refractivity contribution in [2.75, 3.05) is 102 Å². The van der Waals surface area contributed by atoms with Crippen molar-refractivity contribution in [2.45, 2.75) is 117 Å². The van der Waals surface area contributed by atoms with Crippen LogP contribution in [0.15, 0.2) is 36.9 Å². The molecule has 8 N–H and O–H groups in total. The molecular formula is C54H82Cl2N14O10. The van der Waals surface area contributed by atoms with Crippen molar-refractivity contribution in [2.24, 2.45) is 10.8 Å². The Labute approximate surface area is 480 Å². The molecule has 26 heteroatoms. The maximum absolute atomic E-state index is 14.0. The Morgan fingerprint density at radius 3 is 1.30 bits per heavy atom. The third kappa shape index (κ3) is 16.6. The Hall–Kier alpha value is -6.44. The van der Waals surface area contributed by atoms with Gasteiger partial charge in [-0.15, -0.1) is 24.8 Å². The lowest BCUT2D eigenvalue weighted by atomic mass is 9.85. The van der Waals surface area contributed by atoms with Crippen molar-refractivity contribution in [3.63, 3.8) is 0 Å². The molecule has 0 saturated carbocycles. The SMILES string of the molecule is CN[C@@H](C)C(=O)N[C@H](C(=O)N1CCC[C@H]1C(=O)Nc1cc2c(NCCOCCOCCNc3ncnc4cc(OC)c(NC(=O)[C@@H]5CCCN5C(=O)[C@@H](NC(=O)[C@H](C)NC)C(C)(C)C)cc34)ncnc2cc1OC)C(C)(C)C.Cl.Cl. The van der Waals surface area contributed by atoms with E-state index in [1.807, 2.05) is 41.5 Å². The molecule has 2 fully saturated rings. The monoisotopic (exact) mass is 1160 g/mol. The molecule has 6 atom stereocenters. The first kappa shape index (κ1) is 66.1. The number of aromatic nitrogens is 4. The summed E-state index contributed by atoms with van der Waals surface area (Å²) < 4.78 is 23.0. The first-order valence-corrected chi connectivity index (χ1v) is 26.6. The number of likely N-dealkylation sites (N-methyl/N-ethyl adjacent to an activating group) is 2. The minimum absolute atomic E-state index is 0. The highest BCUT2D eigenvalue weighted by Crippen LogP contribution is 2.36. The molecule has 0 unspecified atom stereocenters. The fourth-order valence-electron chi connectivity index (χ4n) is 9.25. The first-order chi connectivity index (χ1) is 37.1. The van der Waals surface area contributed by atoms with Gasteiger partial charge in [-0.3, -0.25) is 28.8 Å². The Kier molecular flexibility index (Phi) is 24.7. The van der Waals surface area contributed by atoms with Crippen molar-refractivity contribution in [3.05, 3.63) is 36.9 Å². The highest BCUT2D eigenvalue weighted by molar-refractivity contribution is 6.04. The molecule has 2 aliphatic heterocycles. The second-order valence-corrected chi connectivity index (χ2v) is 21.7. The number of ether oxygens (including phenoxy) is 4. The number of halogens is 2. The van der Waals surface area contributed by atoms with E-state index in [4.69, 9.17) is 18.9 Å². The van der Waals surface area contributed by atoms with Gasteiger partial charge in [0.2, 0.25) is 35.4 Å². The third-order valence-electron chi connectivity index (χ3n) is 14.0. The van der Waals surface area contributed by atoms with E-state index in [2.05, 4.69) is 62.5 Å². The molecule has 0 bridgehead atoms. The Morgan fingerprint density at radius 2 is 0.963 bits per heavy atom. The Balaban J connectivity index is 0.00000689. The molecule has 442 valence electrons. The number of anilines is 4. The van der Waals surface area contributed by atoms with Crippen LogP contribution in [0.4, 0.5) is 23.0 Å². The third-order valence-corrected chi connectivity index (χ3v) is 14.0. The number of benzene rings is 2. The summed E-state index contributed by atoms with van der Waals surface area (Å²) >= 11 is 0. The molecule has 6 amide bonds. The van der Waals surface area contributed by atoms with Crippen LogP contribution < -0.4 is 52.0 Å². The van der Waals surface area contributed by atoms with Crippen LogP contribution in [0.25, 0.3) is 21.8 Å². The van der Waals surface area contributed by atoms with Crippen LogP contribution in [-0.2, 0) is 38.2 Å². The fraction of sp³-hybridized carbons (Fsp3) is 0.593. The zero-order chi connectivity index (χ0) is 56.9. The number of nitrogens with one attached hydrogen (secondary N) is 8. The number of hydrogen-bond acceptors (Lipinski definition) is 18. The molecule has 0 aliphatic carbocycles. The number of methoxy groups -OCH3 is 2. The van der Waals surface area contributed by atoms with E-state index >= 15 is 0 Å². The highest BCUT2D eigenvalue weighted by atomic mass is 35.5. The van der Waals surface area contributed by atoms with Gasteiger partial charge in [0.1, 0.15) is 60.0 Å². The number of carbonyl (C=O) groups is 6. The van der Waals surface area contributed by atoms with Crippen molar-refractivity contribution in [1.29, 1.82) is 0 Å². The van der Waals surface area contributed by atoms with Gasteiger partial charge in [0.15, 0.2) is 0 Å². The maximum atomic E-state index is 14.0. The summed E-state index contributed by atoms with van der Waals surface area (Å²) in [6.07, 6.45) is 5.04. The molecule has 80 heavy (non-hydrogen) atoms. The molecule has 2 saturated heterocycles. The van der Waals surface area contributed by atoms with Gasteiger partial charge in [-0.2, -0.15) is 0 Å². The quantitative estimate of drug-likeness (QED) is 0.0433. The second kappa shape index (κ2) is 29.9. The minimum atomic E-state index is -0.846. The molecule has 24 nitrogen and oxygen atoms in total. The fourth-order valence-corrected chi connectivity index (χ4v) is 9.25. The number of likely N-dealkylation sites (tertiary alicyclic amines) is 2. The number of fused-ring (bicyclic) bond motifs is 2. The van der Waals surface area contributed by atoms with Crippen molar-refractivity contribution in [3.8, 4) is 11.5 Å². The van der Waals surface area contributed by atoms with Crippen LogP contribution in [0.1, 0.15) is 81.1 Å². The molecule has 2 aromatic carbocycles. The Morgan fingerprint density at radius 1 is 0.588 bits per heavy atom. The van der Waals surface area contributed by atoms with Gasteiger partial charge >= 0.3 is 0 Å². The van der Waals surface area contributed by atoms with Crippen molar-refractivity contribution >= 4 is 105 Å². The topological polar surface area (TPSA) is 294 Å². The zero-order valence-corrected chi connectivity index (χ0v) is 49.6. The van der Waals surface area contributed by atoms with Crippen LogP contribution in [-0.4, -0.2) is 182 Å². The summed E-state index contributed by atoms with van der Waals surface area (Å²) in [6.45, 7) is 17.6. The summed E-state index contributed by atoms with van der Waals surface area (Å²) in [4.78, 5) is 103. The van der Waals surface area contributed by atoms with Gasteiger partial charge in [0.25, 0.3) is 0 Å². The average Bonchev–Trinajstić information content (AvgIpc) is 4.22. The van der Waals surface area contributed by atoms with Gasteiger partial charge < -0.3 is 71.3 Å². The molecule has 2 aromatic heterocycles. The predicted octanol–water partition coefficient (Wildman–Crippen LogP) is 4.13. The molecule has 6 rings (SSSR count). The van der Waals surface area contributed by atoms with Gasteiger partial charge in [-0.05, 0) is 76.6 Å². The van der Waals surface area contributed by atoms with E-state index in [0.717, 1.165) is 0 Å². The summed E-state index contributed by atoms with van der Waals surface area (Å²) in [6, 6.07) is 2.69. The minimum Gasteiger partial charge on any atom is -0.494 e. The number of carbonyl (C=O) groups excluding carboxylic acids is 6. The normalized spacial score (nSPS) is 16.8. The van der Waals surface area contributed by atoms with E-state index in [0.29, 0.717) is 135 Å². The largest absolute Gasteiger partial charge is 0.494 e. The second-order valence-electron chi connectivity index (χ2n) is 21.7. The van der Waals surface area contributed by atoms with Gasteiger partial charge in [0, 0.05) is 49.1 Å². The standard InChI is InChI=1S/C54H80N14O10.2ClH/c1-31(55-9)47(69)65-43(53(3,4)5)51(73)67-19-13-15-39(67)49(71)63-37-25-33-35(27-41(37)75-11)59-29-61-45(33)57-17-21-77-23-24-78-22-18-58-46-34-26-38(42(76-12)28-36(34)60-30-62-46)64-50(72)40-16-14-20-68(40)52(74)44(54(6,7)8)66-48(70)32(2)56-10;;/h25-32,39-40,43-44,55-56H,13-24H2,1-12H3,(H,63,71)(H,64,72)(H,65,69)(H,66,70)(H,57,59,61)(H,58,60,62);2*1H/t31-,32-,39-,40-,43+,44+;;/m0../s1. The summed E-state index contributed by atoms with van der Waals surface area (Å²) in [5.41, 5.74) is 0.709. The number of nitrogens with zero attached hydrogens (tertiary/aromatic N) is 6. The predicted molar refractivity (Wildman–Crippen MR) is 312 cm³/mol. The smallest absolute Gasteiger partial charge is 0.247 e. The van der Waals surface area contributed by atoms with Gasteiger partial charge in [-0.1, -0.05) is 41.5 Å². The summed E-state index contributed by atoms with van der Waals surface area (Å²) in [7, 11) is 6.35. The van der Waals surface area contributed by atoms with Gasteiger partial charge in [0.05, 0.1) is 75.1 Å². The number of hydrogen-bond donors (Lipinski definition) is 8. The van der Waals surface area contributed by atoms with E-state index in [9.17, 15) is 28.8 Å². The average molecular weight is 1160 g/mol. The van der Waals surface area contributed by atoms with E-state index in [1.54, 1.807) is 62.0 Å². The molecule has 4 heterocycles. The van der Waals surface area contributed by atoms with Gasteiger partial charge in [-0.25, -0.2) is 19.9 Å². The summed E-state index contributed by atoms with van der Waals surface area (Å²) in [5.74, 6) is -0.186. The first-order valence-electron chi connectivity index (χ1n) is 26.6. The van der Waals surface area contributed by atoms with E-state index < -0.39 is 47.1 Å². The van der Waals surface area contributed by atoms with E-state index in [1.165, 1.54) is 26.9 Å². The highest BCUT2D eigenvalue weighted by Gasteiger charge is 2.44. The molecular weight excluding hydrogens is 1080 g/mol. The molecule has 4 aromatic rings. The van der Waals surface area contributed by atoms with Crippen molar-refractivity contribution in [1.82, 2.24) is 51.0 Å². The van der Waals surface area contributed by atoms with Crippen LogP contribution >= 0.6 is 24.8 Å². The van der Waals surface area contributed by atoms with E-state index in [-0.39, 0.29) is 60.3 Å². The molecule has 0 radical (unpaired) electrons. The lowest BCUT2D eigenvalue weighted by molar-refractivity contribution is -0.143. The lowest BCUT2D eigenvalue weighted by Crippen LogP contribution is -2.59. The number of rotatable bonds is 25. The van der Waals surface area contributed by atoms with Crippen molar-refractivity contribution < 1.29 is 47.7 Å². The maximum Gasteiger partial charge on any atom is 0.247 e. The summed E-state index contributed by atoms with van der Waals surface area (Å²) in [5, 5.41) is 25.4. The van der Waals surface area contributed by atoms with Crippen LogP contribution in [0.5, 0.6) is 11.5 Å². The zero-order valence-electron chi connectivity index (χ0n) is 48.0. The van der Waals surface area contributed by atoms with Crippen LogP contribution in [0.2, 0.25) is 0 Å². The number of amides is 6.